The van der Waals surface area contributed by atoms with Gasteiger partial charge in [-0.15, -0.1) is 10.2 Å². The monoisotopic (exact) mass is 258 g/mol. The first-order valence-electron chi connectivity index (χ1n) is 5.67. The van der Waals surface area contributed by atoms with Crippen LogP contribution in [-0.4, -0.2) is 19.6 Å². The summed E-state index contributed by atoms with van der Waals surface area (Å²) < 4.78 is 1.88. The summed E-state index contributed by atoms with van der Waals surface area (Å²) in [7, 11) is 0. The summed E-state index contributed by atoms with van der Waals surface area (Å²) in [5.41, 5.74) is 1.79. The second-order valence-corrected chi connectivity index (χ2v) is 4.46. The van der Waals surface area contributed by atoms with Crippen molar-refractivity contribution in [2.45, 2.75) is 12.8 Å². The molecule has 0 spiro atoms. The number of halogens is 1. The zero-order chi connectivity index (χ0) is 12.5. The molecule has 0 aliphatic carbocycles. The molecule has 0 aliphatic rings. The molecule has 1 aromatic carbocycles. The van der Waals surface area contributed by atoms with Gasteiger partial charge in [0.15, 0.2) is 10.8 Å². The van der Waals surface area contributed by atoms with Crippen molar-refractivity contribution in [1.82, 2.24) is 19.6 Å². The highest BCUT2D eigenvalue weighted by molar-refractivity contribution is 6.32. The van der Waals surface area contributed by atoms with Crippen LogP contribution in [0.4, 0.5) is 0 Å². The highest BCUT2D eigenvalue weighted by Gasteiger charge is 2.16. The molecule has 18 heavy (non-hydrogen) atoms. The lowest BCUT2D eigenvalue weighted by molar-refractivity contribution is 0.796. The van der Waals surface area contributed by atoms with Crippen LogP contribution in [0.3, 0.4) is 0 Å². The Labute approximate surface area is 109 Å². The van der Waals surface area contributed by atoms with Crippen molar-refractivity contribution in [2.75, 3.05) is 0 Å². The van der Waals surface area contributed by atoms with Crippen LogP contribution in [0.25, 0.3) is 5.65 Å². The molecule has 1 atom stereocenters. The minimum absolute atomic E-state index is 0.152. The van der Waals surface area contributed by atoms with E-state index in [-0.39, 0.29) is 5.92 Å². The average Bonchev–Trinajstić information content (AvgIpc) is 2.84. The Bertz CT molecular complexity index is 678. The lowest BCUT2D eigenvalue weighted by atomic mass is 10.0. The molecular weight excluding hydrogens is 248 g/mol. The summed E-state index contributed by atoms with van der Waals surface area (Å²) in [4.78, 5) is 3.99. The fourth-order valence-electron chi connectivity index (χ4n) is 2.00. The predicted molar refractivity (Wildman–Crippen MR) is 69.8 cm³/mol. The minimum atomic E-state index is 0.152. The molecule has 0 amide bonds. The first kappa shape index (κ1) is 11.2. The maximum Gasteiger partial charge on any atom is 0.198 e. The fourth-order valence-corrected chi connectivity index (χ4v) is 2.19. The molecule has 0 saturated heterocycles. The van der Waals surface area contributed by atoms with E-state index in [1.807, 2.05) is 28.8 Å². The van der Waals surface area contributed by atoms with Crippen molar-refractivity contribution < 1.29 is 0 Å². The van der Waals surface area contributed by atoms with Crippen molar-refractivity contribution in [3.8, 4) is 0 Å². The van der Waals surface area contributed by atoms with Gasteiger partial charge in [0, 0.05) is 18.3 Å². The Hall–Kier alpha value is -1.94. The molecule has 0 aliphatic heterocycles. The van der Waals surface area contributed by atoms with Crippen LogP contribution in [0.5, 0.6) is 0 Å². The second-order valence-electron chi connectivity index (χ2n) is 4.10. The number of benzene rings is 1. The number of fused-ring (bicyclic) bond motifs is 1. The Balaban J connectivity index is 2.13. The van der Waals surface area contributed by atoms with Gasteiger partial charge in [-0.2, -0.15) is 0 Å². The van der Waals surface area contributed by atoms with E-state index in [9.17, 15) is 0 Å². The van der Waals surface area contributed by atoms with Gasteiger partial charge in [0.2, 0.25) is 0 Å². The van der Waals surface area contributed by atoms with Gasteiger partial charge in [-0.25, -0.2) is 4.98 Å². The number of hydrogen-bond acceptors (Lipinski definition) is 3. The van der Waals surface area contributed by atoms with E-state index in [1.165, 1.54) is 5.56 Å². The van der Waals surface area contributed by atoms with Crippen molar-refractivity contribution in [3.05, 3.63) is 59.3 Å². The van der Waals surface area contributed by atoms with E-state index in [1.54, 1.807) is 6.20 Å². The van der Waals surface area contributed by atoms with E-state index in [0.29, 0.717) is 10.8 Å². The maximum absolute atomic E-state index is 5.99. The molecule has 90 valence electrons. The van der Waals surface area contributed by atoms with E-state index in [4.69, 9.17) is 11.6 Å². The van der Waals surface area contributed by atoms with Crippen molar-refractivity contribution >= 4 is 17.2 Å². The van der Waals surface area contributed by atoms with Crippen LogP contribution >= 0.6 is 11.6 Å². The number of rotatable bonds is 2. The van der Waals surface area contributed by atoms with Crippen LogP contribution < -0.4 is 0 Å². The lowest BCUT2D eigenvalue weighted by Gasteiger charge is -2.09. The standard InChI is InChI=1S/C13H11ClN4/c1-9(10-5-3-2-4-6-10)12-16-17-13-11(14)15-7-8-18(12)13/h2-9H,1H3. The molecule has 5 heteroatoms. The summed E-state index contributed by atoms with van der Waals surface area (Å²) in [6.07, 6.45) is 3.48. The Morgan fingerprint density at radius 3 is 2.72 bits per heavy atom. The summed E-state index contributed by atoms with van der Waals surface area (Å²) in [6, 6.07) is 10.2. The van der Waals surface area contributed by atoms with E-state index >= 15 is 0 Å². The number of hydrogen-bond donors (Lipinski definition) is 0. The zero-order valence-corrected chi connectivity index (χ0v) is 10.5. The topological polar surface area (TPSA) is 43.1 Å². The summed E-state index contributed by atoms with van der Waals surface area (Å²) in [6.45, 7) is 2.10. The predicted octanol–water partition coefficient (Wildman–Crippen LogP) is 2.93. The Morgan fingerprint density at radius 2 is 1.94 bits per heavy atom. The summed E-state index contributed by atoms with van der Waals surface area (Å²) >= 11 is 5.99. The molecule has 3 rings (SSSR count). The van der Waals surface area contributed by atoms with Gasteiger partial charge in [-0.1, -0.05) is 48.9 Å². The third kappa shape index (κ3) is 1.75. The fraction of sp³-hybridized carbons (Fsp3) is 0.154. The summed E-state index contributed by atoms with van der Waals surface area (Å²) in [5, 5.41) is 8.68. The maximum atomic E-state index is 5.99. The van der Waals surface area contributed by atoms with Crippen molar-refractivity contribution in [3.63, 3.8) is 0 Å². The van der Waals surface area contributed by atoms with E-state index < -0.39 is 0 Å². The van der Waals surface area contributed by atoms with Gasteiger partial charge < -0.3 is 0 Å². The largest absolute Gasteiger partial charge is 0.282 e. The van der Waals surface area contributed by atoms with Crippen LogP contribution in [-0.2, 0) is 0 Å². The average molecular weight is 259 g/mol. The smallest absolute Gasteiger partial charge is 0.198 e. The lowest BCUT2D eigenvalue weighted by Crippen LogP contribution is -2.02. The SMILES string of the molecule is CC(c1ccccc1)c1nnc2c(Cl)nccn12. The van der Waals surface area contributed by atoms with Gasteiger partial charge in [-0.05, 0) is 5.56 Å². The molecule has 1 unspecified atom stereocenters. The molecular formula is C13H11ClN4. The first-order chi connectivity index (χ1) is 8.77. The van der Waals surface area contributed by atoms with Crippen LogP contribution in [0.1, 0.15) is 24.2 Å². The third-order valence-electron chi connectivity index (χ3n) is 3.00. The van der Waals surface area contributed by atoms with Crippen molar-refractivity contribution in [2.24, 2.45) is 0 Å². The molecule has 0 N–H and O–H groups in total. The quantitative estimate of drug-likeness (QED) is 0.710. The molecule has 0 bridgehead atoms. The molecule has 2 heterocycles. The molecule has 0 fully saturated rings. The van der Waals surface area contributed by atoms with E-state index in [0.717, 1.165) is 5.82 Å². The van der Waals surface area contributed by atoms with Gasteiger partial charge in [0.1, 0.15) is 5.82 Å². The molecule has 4 nitrogen and oxygen atoms in total. The number of aromatic nitrogens is 4. The summed E-state index contributed by atoms with van der Waals surface area (Å²) in [5.74, 6) is 1.01. The van der Waals surface area contributed by atoms with Crippen LogP contribution in [0, 0.1) is 0 Å². The van der Waals surface area contributed by atoms with Gasteiger partial charge in [0.05, 0.1) is 0 Å². The molecule has 2 aromatic heterocycles. The second kappa shape index (κ2) is 4.38. The van der Waals surface area contributed by atoms with Crippen LogP contribution in [0.15, 0.2) is 42.7 Å². The molecule has 0 radical (unpaired) electrons. The van der Waals surface area contributed by atoms with Gasteiger partial charge in [0.25, 0.3) is 0 Å². The highest BCUT2D eigenvalue weighted by atomic mass is 35.5. The van der Waals surface area contributed by atoms with E-state index in [2.05, 4.69) is 34.2 Å². The Kier molecular flexibility index (Phi) is 2.72. The Morgan fingerprint density at radius 1 is 1.17 bits per heavy atom. The molecule has 3 aromatic rings. The number of nitrogens with zero attached hydrogens (tertiary/aromatic N) is 4. The minimum Gasteiger partial charge on any atom is -0.282 e. The molecule has 0 saturated carbocycles. The zero-order valence-electron chi connectivity index (χ0n) is 9.79. The van der Waals surface area contributed by atoms with Gasteiger partial charge >= 0.3 is 0 Å². The van der Waals surface area contributed by atoms with Crippen LogP contribution in [0.2, 0.25) is 5.15 Å². The van der Waals surface area contributed by atoms with Gasteiger partial charge in [-0.3, -0.25) is 4.40 Å². The third-order valence-corrected chi connectivity index (χ3v) is 3.26. The first-order valence-corrected chi connectivity index (χ1v) is 6.05. The van der Waals surface area contributed by atoms with Crippen molar-refractivity contribution in [1.29, 1.82) is 0 Å². The normalized spacial score (nSPS) is 12.8. The highest BCUT2D eigenvalue weighted by Crippen LogP contribution is 2.24.